The second-order valence-electron chi connectivity index (χ2n) is 4.42. The fourth-order valence-corrected chi connectivity index (χ4v) is 3.20. The predicted molar refractivity (Wildman–Crippen MR) is 82.2 cm³/mol. The zero-order chi connectivity index (χ0) is 14.5. The van der Waals surface area contributed by atoms with E-state index in [1.807, 2.05) is 30.5 Å². The molecule has 0 spiro atoms. The van der Waals surface area contributed by atoms with Gasteiger partial charge in [-0.3, -0.25) is 9.59 Å². The lowest BCUT2D eigenvalue weighted by molar-refractivity contribution is -0.129. The summed E-state index contributed by atoms with van der Waals surface area (Å²) >= 11 is 3.04. The molecule has 2 rings (SSSR count). The summed E-state index contributed by atoms with van der Waals surface area (Å²) in [5, 5.41) is 4.64. The van der Waals surface area contributed by atoms with Crippen LogP contribution in [0.15, 0.2) is 29.6 Å². The predicted octanol–water partition coefficient (Wildman–Crippen LogP) is 2.51. The molecule has 2 heterocycles. The first-order valence-electron chi connectivity index (χ1n) is 6.17. The molecule has 0 aliphatic carbocycles. The van der Waals surface area contributed by atoms with Crippen molar-refractivity contribution in [1.82, 2.24) is 10.2 Å². The fraction of sp³-hybridized carbons (Fsp3) is 0.286. The molecular formula is C14H16N2O2S2. The molecule has 0 saturated heterocycles. The van der Waals surface area contributed by atoms with Crippen LogP contribution in [0.1, 0.15) is 19.4 Å². The quantitative estimate of drug-likeness (QED) is 0.922. The number of nitrogens with zero attached hydrogens (tertiary/aromatic N) is 1. The Morgan fingerprint density at radius 3 is 2.70 bits per heavy atom. The van der Waals surface area contributed by atoms with Crippen LogP contribution in [0, 0.1) is 6.92 Å². The van der Waals surface area contributed by atoms with Crippen LogP contribution in [0.3, 0.4) is 0 Å². The lowest BCUT2D eigenvalue weighted by atomic mass is 10.4. The smallest absolute Gasteiger partial charge is 0.261 e. The summed E-state index contributed by atoms with van der Waals surface area (Å²) in [7, 11) is 1.74. The highest BCUT2D eigenvalue weighted by Crippen LogP contribution is 2.14. The molecular weight excluding hydrogens is 292 g/mol. The first-order chi connectivity index (χ1) is 9.56. The van der Waals surface area contributed by atoms with Crippen molar-refractivity contribution in [2.24, 2.45) is 0 Å². The molecule has 1 N–H and O–H groups in total. The zero-order valence-corrected chi connectivity index (χ0v) is 13.0. The van der Waals surface area contributed by atoms with Gasteiger partial charge in [0.05, 0.1) is 18.0 Å². The molecule has 0 fully saturated rings. The summed E-state index contributed by atoms with van der Waals surface area (Å²) in [6, 6.07) is 7.61. The van der Waals surface area contributed by atoms with Crippen molar-refractivity contribution in [2.45, 2.75) is 13.5 Å². The van der Waals surface area contributed by atoms with Gasteiger partial charge in [-0.2, -0.15) is 0 Å². The second kappa shape index (κ2) is 6.67. The minimum Gasteiger partial charge on any atom is -0.342 e. The molecule has 0 aliphatic rings. The van der Waals surface area contributed by atoms with Crippen molar-refractivity contribution >= 4 is 34.5 Å². The monoisotopic (exact) mass is 308 g/mol. The van der Waals surface area contributed by atoms with Gasteiger partial charge in [-0.1, -0.05) is 6.07 Å². The molecule has 2 aromatic heterocycles. The largest absolute Gasteiger partial charge is 0.342 e. The number of thiophene rings is 2. The van der Waals surface area contributed by atoms with E-state index in [2.05, 4.69) is 5.32 Å². The van der Waals surface area contributed by atoms with E-state index in [1.165, 1.54) is 11.3 Å². The molecule has 106 valence electrons. The summed E-state index contributed by atoms with van der Waals surface area (Å²) in [5.74, 6) is -0.291. The molecule has 0 bridgehead atoms. The average molecular weight is 308 g/mol. The molecule has 0 radical (unpaired) electrons. The number of rotatable bonds is 5. The van der Waals surface area contributed by atoms with Crippen molar-refractivity contribution < 1.29 is 9.59 Å². The third kappa shape index (κ3) is 3.91. The Kier molecular flexibility index (Phi) is 4.92. The summed E-state index contributed by atoms with van der Waals surface area (Å²) in [4.78, 5) is 28.2. The lowest BCUT2D eigenvalue weighted by Gasteiger charge is -2.16. The topological polar surface area (TPSA) is 49.4 Å². The van der Waals surface area contributed by atoms with Crippen LogP contribution in [0.5, 0.6) is 0 Å². The van der Waals surface area contributed by atoms with Crippen molar-refractivity contribution in [3.05, 3.63) is 44.3 Å². The van der Waals surface area contributed by atoms with Gasteiger partial charge in [0.25, 0.3) is 5.91 Å². The summed E-state index contributed by atoms with van der Waals surface area (Å²) in [6.07, 6.45) is 0. The van der Waals surface area contributed by atoms with Gasteiger partial charge in [0, 0.05) is 16.8 Å². The molecule has 0 aliphatic heterocycles. The highest BCUT2D eigenvalue weighted by molar-refractivity contribution is 7.13. The van der Waals surface area contributed by atoms with E-state index in [4.69, 9.17) is 0 Å². The number of amides is 2. The van der Waals surface area contributed by atoms with Crippen molar-refractivity contribution in [3.63, 3.8) is 0 Å². The van der Waals surface area contributed by atoms with E-state index in [1.54, 1.807) is 29.4 Å². The van der Waals surface area contributed by atoms with Crippen molar-refractivity contribution in [3.8, 4) is 0 Å². The highest BCUT2D eigenvalue weighted by Gasteiger charge is 2.13. The Labute approximate surface area is 126 Å². The highest BCUT2D eigenvalue weighted by atomic mass is 32.1. The van der Waals surface area contributed by atoms with Crippen LogP contribution in [0.4, 0.5) is 0 Å². The van der Waals surface area contributed by atoms with Gasteiger partial charge in [-0.15, -0.1) is 22.7 Å². The number of nitrogens with one attached hydrogen (secondary N) is 1. The Morgan fingerprint density at radius 1 is 1.30 bits per heavy atom. The number of hydrogen-bond acceptors (Lipinski definition) is 4. The minimum absolute atomic E-state index is 0.0255. The summed E-state index contributed by atoms with van der Waals surface area (Å²) in [5.41, 5.74) is 0. The van der Waals surface area contributed by atoms with E-state index in [0.717, 1.165) is 9.75 Å². The number of carbonyl (C=O) groups excluding carboxylic acids is 2. The standard InChI is InChI=1S/C14H16N2O2S2/c1-10-5-6-12(20-10)14(18)15-8-13(17)16(2)9-11-4-3-7-19-11/h3-7H,8-9H2,1-2H3,(H,15,18). The van der Waals surface area contributed by atoms with Gasteiger partial charge in [0.1, 0.15) is 0 Å². The maximum atomic E-state index is 11.9. The Morgan fingerprint density at radius 2 is 2.10 bits per heavy atom. The van der Waals surface area contributed by atoms with E-state index in [9.17, 15) is 9.59 Å². The molecule has 0 atom stereocenters. The van der Waals surface area contributed by atoms with Crippen LogP contribution < -0.4 is 5.32 Å². The van der Waals surface area contributed by atoms with E-state index in [0.29, 0.717) is 11.4 Å². The van der Waals surface area contributed by atoms with Crippen LogP contribution in [0.2, 0.25) is 0 Å². The molecule has 2 aromatic rings. The molecule has 0 saturated carbocycles. The summed E-state index contributed by atoms with van der Waals surface area (Å²) < 4.78 is 0. The number of likely N-dealkylation sites (N-methyl/N-ethyl adjacent to an activating group) is 1. The maximum Gasteiger partial charge on any atom is 0.261 e. The van der Waals surface area contributed by atoms with Gasteiger partial charge in [0.2, 0.25) is 5.91 Å². The SMILES string of the molecule is Cc1ccc(C(=O)NCC(=O)N(C)Cc2cccs2)s1. The van der Waals surface area contributed by atoms with Gasteiger partial charge in [-0.25, -0.2) is 0 Å². The van der Waals surface area contributed by atoms with Gasteiger partial charge >= 0.3 is 0 Å². The third-order valence-electron chi connectivity index (χ3n) is 2.76. The lowest BCUT2D eigenvalue weighted by Crippen LogP contribution is -2.37. The van der Waals surface area contributed by atoms with E-state index < -0.39 is 0 Å². The maximum absolute atomic E-state index is 11.9. The molecule has 4 nitrogen and oxygen atoms in total. The van der Waals surface area contributed by atoms with Gasteiger partial charge < -0.3 is 10.2 Å². The number of carbonyl (C=O) groups is 2. The Balaban J connectivity index is 1.81. The fourth-order valence-electron chi connectivity index (χ4n) is 1.66. The Hall–Kier alpha value is -1.66. The van der Waals surface area contributed by atoms with Gasteiger partial charge in [0.15, 0.2) is 0 Å². The average Bonchev–Trinajstić information content (AvgIpc) is 3.07. The molecule has 6 heteroatoms. The van der Waals surface area contributed by atoms with Crippen molar-refractivity contribution in [1.29, 1.82) is 0 Å². The van der Waals surface area contributed by atoms with E-state index >= 15 is 0 Å². The molecule has 0 aromatic carbocycles. The van der Waals surface area contributed by atoms with E-state index in [-0.39, 0.29) is 18.4 Å². The minimum atomic E-state index is -0.194. The molecule has 20 heavy (non-hydrogen) atoms. The third-order valence-corrected chi connectivity index (χ3v) is 4.62. The first-order valence-corrected chi connectivity index (χ1v) is 7.87. The zero-order valence-electron chi connectivity index (χ0n) is 11.4. The molecule has 0 unspecified atom stereocenters. The van der Waals surface area contributed by atoms with Crippen LogP contribution in [-0.4, -0.2) is 30.3 Å². The first kappa shape index (κ1) is 14.7. The number of aryl methyl sites for hydroxylation is 1. The number of hydrogen-bond donors (Lipinski definition) is 1. The normalized spacial score (nSPS) is 10.3. The summed E-state index contributed by atoms with van der Waals surface area (Å²) in [6.45, 7) is 2.55. The van der Waals surface area contributed by atoms with Crippen molar-refractivity contribution in [2.75, 3.05) is 13.6 Å². The van der Waals surface area contributed by atoms with Gasteiger partial charge in [-0.05, 0) is 30.5 Å². The Bertz CT molecular complexity index is 590. The molecule has 2 amide bonds. The van der Waals surface area contributed by atoms with Crippen LogP contribution in [0.25, 0.3) is 0 Å². The second-order valence-corrected chi connectivity index (χ2v) is 6.74. The van der Waals surface area contributed by atoms with Crippen LogP contribution >= 0.6 is 22.7 Å². The van der Waals surface area contributed by atoms with Crippen LogP contribution in [-0.2, 0) is 11.3 Å².